The predicted octanol–water partition coefficient (Wildman–Crippen LogP) is 4.59. The smallest absolute Gasteiger partial charge is 0.200 e. The summed E-state index contributed by atoms with van der Waals surface area (Å²) in [4.78, 5) is 37.4. The maximum Gasteiger partial charge on any atom is 0.200 e. The number of ketones is 2. The first kappa shape index (κ1) is 19.2. The van der Waals surface area contributed by atoms with Crippen LogP contribution in [0.15, 0.2) is 78.1 Å². The van der Waals surface area contributed by atoms with Gasteiger partial charge in [0.05, 0.1) is 11.4 Å². The Morgan fingerprint density at radius 1 is 0.733 bits per heavy atom. The molecule has 0 aliphatic carbocycles. The molecule has 0 amide bonds. The van der Waals surface area contributed by atoms with Gasteiger partial charge in [-0.1, -0.05) is 30.3 Å². The number of nitrogens with one attached hydrogen (secondary N) is 2. The highest BCUT2D eigenvalue weighted by molar-refractivity contribution is 6.32. The number of carbonyl (C=O) groups excluding carboxylic acids is 3. The average molecular weight is 404 g/mol. The Balaban J connectivity index is 1.84. The lowest BCUT2D eigenvalue weighted by Gasteiger charge is -2.11. The van der Waals surface area contributed by atoms with Crippen molar-refractivity contribution in [2.75, 3.05) is 10.6 Å². The summed E-state index contributed by atoms with van der Waals surface area (Å²) >= 11 is 0. The highest BCUT2D eigenvalue weighted by Gasteiger charge is 2.29. The first-order valence-corrected chi connectivity index (χ1v) is 8.94. The highest BCUT2D eigenvalue weighted by Crippen LogP contribution is 2.33. The van der Waals surface area contributed by atoms with Crippen LogP contribution in [0.3, 0.4) is 0 Å². The largest absolute Gasteiger partial charge is 0.339 e. The molecule has 2 N–H and O–H groups in total. The minimum absolute atomic E-state index is 0.0663. The molecule has 3 aromatic rings. The van der Waals surface area contributed by atoms with E-state index >= 15 is 0 Å². The van der Waals surface area contributed by atoms with Crippen LogP contribution < -0.4 is 10.6 Å². The lowest BCUT2D eigenvalue weighted by molar-refractivity contribution is 0.0960. The van der Waals surface area contributed by atoms with Crippen LogP contribution in [0.2, 0.25) is 0 Å². The summed E-state index contributed by atoms with van der Waals surface area (Å²) in [7, 11) is 0. The number of rotatable bonds is 5. The van der Waals surface area contributed by atoms with Crippen molar-refractivity contribution < 1.29 is 23.2 Å². The van der Waals surface area contributed by atoms with E-state index in [1.165, 1.54) is 12.1 Å². The second kappa shape index (κ2) is 7.71. The summed E-state index contributed by atoms with van der Waals surface area (Å²) in [6.07, 6.45) is 0.667. The Hall–Kier alpha value is -4.13. The Morgan fingerprint density at radius 3 is 2.03 bits per heavy atom. The minimum Gasteiger partial charge on any atom is -0.339 e. The Morgan fingerprint density at radius 2 is 1.37 bits per heavy atom. The number of hydrogen-bond acceptors (Lipinski definition) is 5. The maximum atomic E-state index is 13.7. The second-order valence-electron chi connectivity index (χ2n) is 6.61. The van der Waals surface area contributed by atoms with Crippen LogP contribution in [0.4, 0.5) is 20.2 Å². The number of aldehydes is 1. The zero-order valence-corrected chi connectivity index (χ0v) is 15.4. The van der Waals surface area contributed by atoms with Crippen LogP contribution in [-0.4, -0.2) is 17.9 Å². The quantitative estimate of drug-likeness (QED) is 0.214. The van der Waals surface area contributed by atoms with E-state index in [4.69, 9.17) is 0 Å². The van der Waals surface area contributed by atoms with Gasteiger partial charge in [-0.05, 0) is 30.3 Å². The van der Waals surface area contributed by atoms with Crippen molar-refractivity contribution in [2.45, 2.75) is 0 Å². The van der Waals surface area contributed by atoms with Crippen LogP contribution in [0.25, 0.3) is 0 Å². The van der Waals surface area contributed by atoms with E-state index in [0.717, 1.165) is 12.1 Å². The van der Waals surface area contributed by atoms with E-state index in [1.807, 2.05) is 0 Å². The first-order chi connectivity index (χ1) is 14.5. The van der Waals surface area contributed by atoms with Crippen molar-refractivity contribution >= 4 is 29.2 Å². The SMILES string of the molecule is O=Cc1ccc2c(c1)NC(=C(C(=O)c1ccccc1)C(=O)c1cc(F)cc(F)c1)N2. The zero-order chi connectivity index (χ0) is 21.3. The van der Waals surface area contributed by atoms with Gasteiger partial charge in [0, 0.05) is 22.8 Å². The molecule has 0 spiro atoms. The third-order valence-electron chi connectivity index (χ3n) is 4.56. The first-order valence-electron chi connectivity index (χ1n) is 8.94. The summed E-state index contributed by atoms with van der Waals surface area (Å²) in [5.74, 6) is -3.26. The zero-order valence-electron chi connectivity index (χ0n) is 15.4. The molecular formula is C23H14F2N2O3. The summed E-state index contributed by atoms with van der Waals surface area (Å²) in [6, 6.07) is 15.2. The number of Topliss-reactive ketones (excluding diaryl/α,β-unsaturated/α-hetero) is 2. The molecule has 148 valence electrons. The molecule has 4 rings (SSSR count). The third-order valence-corrected chi connectivity index (χ3v) is 4.56. The van der Waals surface area contributed by atoms with Gasteiger partial charge in [-0.15, -0.1) is 0 Å². The molecule has 1 heterocycles. The molecule has 1 aliphatic heterocycles. The lowest BCUT2D eigenvalue weighted by Crippen LogP contribution is -2.21. The molecule has 7 heteroatoms. The fourth-order valence-electron chi connectivity index (χ4n) is 3.17. The van der Waals surface area contributed by atoms with Crippen molar-refractivity contribution in [3.63, 3.8) is 0 Å². The van der Waals surface area contributed by atoms with E-state index in [2.05, 4.69) is 10.6 Å². The number of allylic oxidation sites excluding steroid dienone is 1. The second-order valence-corrected chi connectivity index (χ2v) is 6.61. The number of carbonyl (C=O) groups is 3. The molecule has 0 unspecified atom stereocenters. The summed E-state index contributed by atoms with van der Waals surface area (Å²) in [6.45, 7) is 0. The van der Waals surface area contributed by atoms with Crippen LogP contribution in [0.5, 0.6) is 0 Å². The number of hydrogen-bond donors (Lipinski definition) is 2. The summed E-state index contributed by atoms with van der Waals surface area (Å²) in [5, 5.41) is 5.86. The number of halogens is 2. The molecule has 30 heavy (non-hydrogen) atoms. The molecule has 5 nitrogen and oxygen atoms in total. The molecule has 0 fully saturated rings. The van der Waals surface area contributed by atoms with Gasteiger partial charge in [0.25, 0.3) is 0 Å². The van der Waals surface area contributed by atoms with Crippen molar-refractivity contribution in [1.82, 2.24) is 0 Å². The van der Waals surface area contributed by atoms with E-state index < -0.39 is 23.2 Å². The van der Waals surface area contributed by atoms with Crippen molar-refractivity contribution in [1.29, 1.82) is 0 Å². The Bertz CT molecular complexity index is 1200. The van der Waals surface area contributed by atoms with Crippen molar-refractivity contribution in [2.24, 2.45) is 0 Å². The van der Waals surface area contributed by atoms with Gasteiger partial charge >= 0.3 is 0 Å². The number of fused-ring (bicyclic) bond motifs is 1. The fraction of sp³-hybridized carbons (Fsp3) is 0. The van der Waals surface area contributed by atoms with Crippen molar-refractivity contribution in [3.8, 4) is 0 Å². The average Bonchev–Trinajstić information content (AvgIpc) is 3.16. The van der Waals surface area contributed by atoms with Gasteiger partial charge in [-0.25, -0.2) is 8.78 Å². The van der Waals surface area contributed by atoms with Gasteiger partial charge in [0.1, 0.15) is 29.3 Å². The Labute approximate surface area is 170 Å². The van der Waals surface area contributed by atoms with Crippen LogP contribution in [-0.2, 0) is 0 Å². The fourth-order valence-corrected chi connectivity index (χ4v) is 3.17. The van der Waals surface area contributed by atoms with Crippen LogP contribution in [0.1, 0.15) is 31.1 Å². The standard InChI is InChI=1S/C23H14F2N2O3/c24-16-9-15(10-17(25)11-16)22(30)20(21(29)14-4-2-1-3-5-14)23-26-18-7-6-13(12-28)8-19(18)27-23/h1-12,26-27H. The molecule has 0 saturated carbocycles. The van der Waals surface area contributed by atoms with Crippen LogP contribution in [0, 0.1) is 11.6 Å². The van der Waals surface area contributed by atoms with Crippen LogP contribution >= 0.6 is 0 Å². The molecule has 0 bridgehead atoms. The molecular weight excluding hydrogens is 390 g/mol. The number of anilines is 2. The monoisotopic (exact) mass is 404 g/mol. The Kier molecular flexibility index (Phi) is 4.93. The van der Waals surface area contributed by atoms with Gasteiger partial charge in [-0.3, -0.25) is 14.4 Å². The van der Waals surface area contributed by atoms with Gasteiger partial charge in [0.15, 0.2) is 0 Å². The van der Waals surface area contributed by atoms with Crippen molar-refractivity contribution in [3.05, 3.63) is 106 Å². The molecule has 0 aromatic heterocycles. The maximum absolute atomic E-state index is 13.7. The van der Waals surface area contributed by atoms with E-state index in [-0.39, 0.29) is 22.5 Å². The predicted molar refractivity (Wildman–Crippen MR) is 108 cm³/mol. The molecule has 0 radical (unpaired) electrons. The normalized spacial score (nSPS) is 13.7. The molecule has 0 saturated heterocycles. The topological polar surface area (TPSA) is 75.3 Å². The summed E-state index contributed by atoms with van der Waals surface area (Å²) in [5.41, 5.74) is 1.07. The third kappa shape index (κ3) is 3.60. The minimum atomic E-state index is -0.930. The van der Waals surface area contributed by atoms with E-state index in [0.29, 0.717) is 29.3 Å². The molecule has 3 aromatic carbocycles. The number of benzene rings is 3. The van der Waals surface area contributed by atoms with E-state index in [9.17, 15) is 23.2 Å². The highest BCUT2D eigenvalue weighted by atomic mass is 19.1. The lowest BCUT2D eigenvalue weighted by atomic mass is 9.95. The molecule has 1 aliphatic rings. The molecule has 0 atom stereocenters. The van der Waals surface area contributed by atoms with Gasteiger partial charge in [-0.2, -0.15) is 0 Å². The van der Waals surface area contributed by atoms with Gasteiger partial charge < -0.3 is 10.6 Å². The van der Waals surface area contributed by atoms with Gasteiger partial charge in [0.2, 0.25) is 11.6 Å². The summed E-state index contributed by atoms with van der Waals surface area (Å²) < 4.78 is 27.4. The van der Waals surface area contributed by atoms with E-state index in [1.54, 1.807) is 36.4 Å².